The van der Waals surface area contributed by atoms with Crippen LogP contribution in [0.3, 0.4) is 0 Å². The summed E-state index contributed by atoms with van der Waals surface area (Å²) in [5.74, 6) is 1.88. The Hall–Kier alpha value is -1.40. The third-order valence-electron chi connectivity index (χ3n) is 7.21. The molecule has 5 rings (SSSR count). The van der Waals surface area contributed by atoms with Gasteiger partial charge in [-0.2, -0.15) is 4.31 Å². The van der Waals surface area contributed by atoms with Crippen molar-refractivity contribution in [3.8, 4) is 11.5 Å². The fourth-order valence-corrected chi connectivity index (χ4v) is 8.17. The van der Waals surface area contributed by atoms with Crippen LogP contribution in [-0.2, 0) is 26.5 Å². The summed E-state index contributed by atoms with van der Waals surface area (Å²) in [6, 6.07) is 4.18. The molecule has 3 atom stereocenters. The van der Waals surface area contributed by atoms with Gasteiger partial charge in [-0.3, -0.25) is 4.90 Å². The molecule has 4 aliphatic heterocycles. The molecule has 0 bridgehead atoms. The lowest BCUT2D eigenvalue weighted by atomic mass is 9.77. The second-order valence-corrected chi connectivity index (χ2v) is 13.2. The Morgan fingerprint density at radius 1 is 1.16 bits per heavy atom. The van der Waals surface area contributed by atoms with Crippen molar-refractivity contribution in [2.24, 2.45) is 5.92 Å². The summed E-state index contributed by atoms with van der Waals surface area (Å²) >= 11 is 0. The molecule has 1 aromatic rings. The van der Waals surface area contributed by atoms with Gasteiger partial charge in [0.05, 0.1) is 12.0 Å². The first-order chi connectivity index (χ1) is 15.2. The van der Waals surface area contributed by atoms with Crippen molar-refractivity contribution < 1.29 is 26.3 Å². The summed E-state index contributed by atoms with van der Waals surface area (Å²) < 4.78 is 64.6. The Bertz CT molecular complexity index is 1090. The van der Waals surface area contributed by atoms with Crippen LogP contribution >= 0.6 is 0 Å². The first-order valence-electron chi connectivity index (χ1n) is 11.3. The monoisotopic (exact) mass is 485 g/mol. The van der Waals surface area contributed by atoms with Crippen molar-refractivity contribution in [1.82, 2.24) is 13.9 Å². The predicted molar refractivity (Wildman–Crippen MR) is 120 cm³/mol. The van der Waals surface area contributed by atoms with E-state index in [-0.39, 0.29) is 37.6 Å². The number of piperidine rings is 2. The van der Waals surface area contributed by atoms with Crippen molar-refractivity contribution >= 4 is 20.0 Å². The van der Waals surface area contributed by atoms with Gasteiger partial charge >= 0.3 is 0 Å². The maximum Gasteiger partial charge on any atom is 0.231 e. The smallest absolute Gasteiger partial charge is 0.231 e. The van der Waals surface area contributed by atoms with Crippen LogP contribution in [0.5, 0.6) is 11.5 Å². The van der Waals surface area contributed by atoms with Gasteiger partial charge in [-0.15, -0.1) is 0 Å². The lowest BCUT2D eigenvalue weighted by Gasteiger charge is -2.51. The van der Waals surface area contributed by atoms with Crippen LogP contribution in [-0.4, -0.2) is 77.1 Å². The molecule has 9 nitrogen and oxygen atoms in total. The summed E-state index contributed by atoms with van der Waals surface area (Å²) in [5, 5.41) is 0. The van der Waals surface area contributed by atoms with E-state index in [0.717, 1.165) is 56.5 Å². The Morgan fingerprint density at radius 2 is 2.00 bits per heavy atom. The molecule has 2 fully saturated rings. The van der Waals surface area contributed by atoms with Gasteiger partial charge < -0.3 is 9.47 Å². The van der Waals surface area contributed by atoms with Gasteiger partial charge in [-0.05, 0) is 49.7 Å². The summed E-state index contributed by atoms with van der Waals surface area (Å²) in [5.41, 5.74) is 2.44. The van der Waals surface area contributed by atoms with Crippen LogP contribution < -0.4 is 14.2 Å². The molecule has 32 heavy (non-hydrogen) atoms. The zero-order chi connectivity index (χ0) is 22.5. The van der Waals surface area contributed by atoms with Crippen LogP contribution in [0.25, 0.3) is 0 Å². The fourth-order valence-electron chi connectivity index (χ4n) is 5.84. The van der Waals surface area contributed by atoms with Gasteiger partial charge in [-0.1, -0.05) is 6.07 Å². The molecule has 0 aromatic heterocycles. The highest BCUT2D eigenvalue weighted by Crippen LogP contribution is 2.50. The van der Waals surface area contributed by atoms with Crippen molar-refractivity contribution in [2.45, 2.75) is 44.2 Å². The summed E-state index contributed by atoms with van der Waals surface area (Å²) in [4.78, 5) is 2.50. The summed E-state index contributed by atoms with van der Waals surface area (Å²) in [6.45, 7) is 2.76. The van der Waals surface area contributed by atoms with E-state index in [1.165, 1.54) is 11.1 Å². The van der Waals surface area contributed by atoms with E-state index in [0.29, 0.717) is 12.5 Å². The number of rotatable bonds is 6. The molecule has 11 heteroatoms. The normalized spacial score (nSPS) is 28.1. The van der Waals surface area contributed by atoms with E-state index in [4.69, 9.17) is 9.47 Å². The van der Waals surface area contributed by atoms with Crippen molar-refractivity contribution in [3.05, 3.63) is 23.3 Å². The molecule has 2 saturated heterocycles. The number of sulfonamides is 2. The lowest BCUT2D eigenvalue weighted by molar-refractivity contribution is 0.0209. The Morgan fingerprint density at radius 3 is 2.81 bits per heavy atom. The van der Waals surface area contributed by atoms with Gasteiger partial charge in [0.25, 0.3) is 0 Å². The number of nitrogens with zero attached hydrogens (tertiary/aromatic N) is 2. The molecule has 0 radical (unpaired) electrons. The van der Waals surface area contributed by atoms with Gasteiger partial charge in [-0.25, -0.2) is 21.6 Å². The first kappa shape index (κ1) is 22.4. The second kappa shape index (κ2) is 8.43. The third kappa shape index (κ3) is 4.25. The summed E-state index contributed by atoms with van der Waals surface area (Å²) in [7, 11) is -6.79. The maximum absolute atomic E-state index is 13.2. The number of fused-ring (bicyclic) bond motifs is 6. The molecule has 0 unspecified atom stereocenters. The highest BCUT2D eigenvalue weighted by molar-refractivity contribution is 7.89. The van der Waals surface area contributed by atoms with Gasteiger partial charge in [0.2, 0.25) is 26.8 Å². The SMILES string of the molecule is CS(=O)(=O)NCCCS(=O)(=O)N1CCC[C@H]2CN3CCc4ccc5c(c4[C@@H]3C[C@H]21)OCO5. The average molecular weight is 486 g/mol. The molecular weight excluding hydrogens is 454 g/mol. The number of ether oxygens (including phenoxy) is 2. The van der Waals surface area contributed by atoms with E-state index in [9.17, 15) is 16.8 Å². The zero-order valence-corrected chi connectivity index (χ0v) is 20.0. The molecule has 0 aliphatic carbocycles. The van der Waals surface area contributed by atoms with Crippen molar-refractivity contribution in [3.63, 3.8) is 0 Å². The molecule has 0 amide bonds. The highest BCUT2D eigenvalue weighted by Gasteiger charge is 2.47. The van der Waals surface area contributed by atoms with E-state index < -0.39 is 20.0 Å². The molecule has 178 valence electrons. The Labute approximate surface area is 190 Å². The van der Waals surface area contributed by atoms with Crippen LogP contribution in [0.15, 0.2) is 12.1 Å². The zero-order valence-electron chi connectivity index (χ0n) is 18.3. The number of hydrogen-bond donors (Lipinski definition) is 1. The number of hydrogen-bond acceptors (Lipinski definition) is 7. The van der Waals surface area contributed by atoms with Gasteiger partial charge in [0, 0.05) is 43.8 Å². The number of nitrogens with one attached hydrogen (secondary N) is 1. The quantitative estimate of drug-likeness (QED) is 0.601. The second-order valence-electron chi connectivity index (χ2n) is 9.29. The van der Waals surface area contributed by atoms with E-state index in [2.05, 4.69) is 15.7 Å². The van der Waals surface area contributed by atoms with Crippen LogP contribution in [0.2, 0.25) is 0 Å². The molecular formula is C21H31N3O6S2. The van der Waals surface area contributed by atoms with Crippen LogP contribution in [0.1, 0.15) is 42.9 Å². The fraction of sp³-hybridized carbons (Fsp3) is 0.714. The van der Waals surface area contributed by atoms with Crippen LogP contribution in [0.4, 0.5) is 0 Å². The van der Waals surface area contributed by atoms with Gasteiger partial charge in [0.15, 0.2) is 11.5 Å². The predicted octanol–water partition coefficient (Wildman–Crippen LogP) is 1.07. The van der Waals surface area contributed by atoms with Crippen LogP contribution in [0, 0.1) is 5.92 Å². The molecule has 1 aromatic carbocycles. The minimum Gasteiger partial charge on any atom is -0.454 e. The van der Waals surface area contributed by atoms with Crippen molar-refractivity contribution in [2.75, 3.05) is 45.0 Å². The minimum absolute atomic E-state index is 0.0398. The molecule has 4 heterocycles. The standard InChI is InChI=1S/C21H31N3O6S2/c1-31(25,26)22-8-3-11-32(27,28)24-9-2-4-16-13-23-10-7-15-5-6-19-21(30-14-29-19)20(15)18(23)12-17(16)24/h5-6,16-18,22H,2-4,7-14H2,1H3/t16-,17+,18-/m0/s1. The number of benzene rings is 1. The molecule has 0 spiro atoms. The van der Waals surface area contributed by atoms with E-state index in [1.807, 2.05) is 6.07 Å². The molecule has 4 aliphatic rings. The van der Waals surface area contributed by atoms with Crippen molar-refractivity contribution in [1.29, 1.82) is 0 Å². The topological polar surface area (TPSA) is 105 Å². The average Bonchev–Trinajstić information content (AvgIpc) is 3.23. The van der Waals surface area contributed by atoms with E-state index in [1.54, 1.807) is 4.31 Å². The molecule has 1 N–H and O–H groups in total. The Balaban J connectivity index is 1.36. The Kier molecular flexibility index (Phi) is 5.90. The minimum atomic E-state index is -3.47. The van der Waals surface area contributed by atoms with Gasteiger partial charge in [0.1, 0.15) is 0 Å². The largest absolute Gasteiger partial charge is 0.454 e. The molecule has 0 saturated carbocycles. The lowest BCUT2D eigenvalue weighted by Crippen LogP contribution is -2.57. The summed E-state index contributed by atoms with van der Waals surface area (Å²) in [6.07, 6.45) is 4.96. The maximum atomic E-state index is 13.2. The third-order valence-corrected chi connectivity index (χ3v) is 9.91. The van der Waals surface area contributed by atoms with E-state index >= 15 is 0 Å². The highest BCUT2D eigenvalue weighted by atomic mass is 32.2. The first-order valence-corrected chi connectivity index (χ1v) is 14.8.